The molecule has 1 heterocycles. The van der Waals surface area contributed by atoms with Crippen molar-refractivity contribution in [1.29, 1.82) is 0 Å². The first-order valence-electron chi connectivity index (χ1n) is 9.44. The summed E-state index contributed by atoms with van der Waals surface area (Å²) < 4.78 is 5.16. The summed E-state index contributed by atoms with van der Waals surface area (Å²) in [6, 6.07) is 7.23. The lowest BCUT2D eigenvalue weighted by atomic mass is 10.1. The van der Waals surface area contributed by atoms with E-state index >= 15 is 0 Å². The highest BCUT2D eigenvalue weighted by atomic mass is 16.7. The summed E-state index contributed by atoms with van der Waals surface area (Å²) in [6.45, 7) is 6.99. The van der Waals surface area contributed by atoms with Gasteiger partial charge in [-0.3, -0.25) is 14.4 Å². The van der Waals surface area contributed by atoms with E-state index in [0.717, 1.165) is 24.1 Å². The predicted molar refractivity (Wildman–Crippen MR) is 105 cm³/mol. The van der Waals surface area contributed by atoms with Crippen LogP contribution in [0.1, 0.15) is 46.1 Å². The first kappa shape index (κ1) is 21.7. The first-order chi connectivity index (χ1) is 13.2. The lowest BCUT2D eigenvalue weighted by Crippen LogP contribution is -2.43. The van der Waals surface area contributed by atoms with Gasteiger partial charge < -0.3 is 15.0 Å². The number of para-hydroxylation sites is 1. The molecule has 0 fully saturated rings. The third kappa shape index (κ3) is 6.84. The molecule has 154 valence electrons. The smallest absolute Gasteiger partial charge is 0.407 e. The number of hydroxylamine groups is 1. The van der Waals surface area contributed by atoms with Gasteiger partial charge in [-0.05, 0) is 52.2 Å². The van der Waals surface area contributed by atoms with Gasteiger partial charge in [-0.25, -0.2) is 10.3 Å². The van der Waals surface area contributed by atoms with Gasteiger partial charge in [0.15, 0.2) is 0 Å². The number of ether oxygens (including phenoxy) is 1. The normalized spacial score (nSPS) is 15.3. The zero-order valence-electron chi connectivity index (χ0n) is 16.9. The Labute approximate surface area is 165 Å². The summed E-state index contributed by atoms with van der Waals surface area (Å²) in [7, 11) is 0. The van der Waals surface area contributed by atoms with Crippen LogP contribution in [0.25, 0.3) is 0 Å². The van der Waals surface area contributed by atoms with Crippen LogP contribution < -0.4 is 15.7 Å². The lowest BCUT2D eigenvalue weighted by molar-refractivity contribution is -0.133. The van der Waals surface area contributed by atoms with Gasteiger partial charge in [-0.15, -0.1) is 0 Å². The quantitative estimate of drug-likeness (QED) is 0.726. The maximum absolute atomic E-state index is 12.4. The Morgan fingerprint density at radius 1 is 1.21 bits per heavy atom. The van der Waals surface area contributed by atoms with Crippen LogP contribution in [0.15, 0.2) is 24.3 Å². The van der Waals surface area contributed by atoms with Crippen molar-refractivity contribution in [3.8, 4) is 0 Å². The number of benzene rings is 1. The fourth-order valence-electron chi connectivity index (χ4n) is 2.83. The monoisotopic (exact) mass is 391 g/mol. The van der Waals surface area contributed by atoms with Crippen molar-refractivity contribution in [2.75, 3.05) is 18.1 Å². The Morgan fingerprint density at radius 3 is 2.64 bits per heavy atom. The SMILES string of the molecule is CC(CONC(=O)CN1C(=O)CCCc2ccccc21)NC(=O)OC(C)(C)C. The molecule has 8 heteroatoms. The van der Waals surface area contributed by atoms with Gasteiger partial charge >= 0.3 is 6.09 Å². The Bertz CT molecular complexity index is 714. The Balaban J connectivity index is 1.81. The molecular weight excluding hydrogens is 362 g/mol. The van der Waals surface area contributed by atoms with E-state index in [1.54, 1.807) is 27.7 Å². The molecule has 3 amide bonds. The van der Waals surface area contributed by atoms with Crippen LogP contribution in [-0.4, -0.2) is 42.7 Å². The molecule has 28 heavy (non-hydrogen) atoms. The number of hydrogen-bond donors (Lipinski definition) is 2. The zero-order valence-corrected chi connectivity index (χ0v) is 16.9. The van der Waals surface area contributed by atoms with Gasteiger partial charge in [0.05, 0.1) is 12.6 Å². The van der Waals surface area contributed by atoms with Crippen LogP contribution >= 0.6 is 0 Å². The molecular formula is C20H29N3O5. The standard InChI is InChI=1S/C20H29N3O5/c1-14(21-19(26)28-20(2,3)4)13-27-22-17(24)12-23-16-10-6-5-8-15(16)9-7-11-18(23)25/h5-6,8,10,14H,7,9,11-13H2,1-4H3,(H,21,26)(H,22,24). The number of anilines is 1. The molecule has 0 saturated heterocycles. The van der Waals surface area contributed by atoms with Crippen LogP contribution in [0.5, 0.6) is 0 Å². The fraction of sp³-hybridized carbons (Fsp3) is 0.550. The summed E-state index contributed by atoms with van der Waals surface area (Å²) in [5.74, 6) is -0.519. The minimum Gasteiger partial charge on any atom is -0.444 e. The average Bonchev–Trinajstić information content (AvgIpc) is 2.72. The molecule has 2 rings (SSSR count). The summed E-state index contributed by atoms with van der Waals surface area (Å²) in [5, 5.41) is 2.62. The van der Waals surface area contributed by atoms with Gasteiger partial charge in [-0.2, -0.15) is 0 Å². The molecule has 1 aliphatic rings. The molecule has 1 aliphatic heterocycles. The third-order valence-corrected chi connectivity index (χ3v) is 4.00. The van der Waals surface area contributed by atoms with Crippen molar-refractivity contribution >= 4 is 23.6 Å². The second kappa shape index (κ2) is 9.54. The number of carbonyl (C=O) groups is 3. The number of aryl methyl sites for hydroxylation is 1. The van der Waals surface area contributed by atoms with Gasteiger partial charge in [-0.1, -0.05) is 18.2 Å². The summed E-state index contributed by atoms with van der Waals surface area (Å²) >= 11 is 0. The topological polar surface area (TPSA) is 97.0 Å². The van der Waals surface area contributed by atoms with E-state index in [1.807, 2.05) is 24.3 Å². The van der Waals surface area contributed by atoms with Crippen molar-refractivity contribution in [2.45, 2.75) is 58.6 Å². The van der Waals surface area contributed by atoms with Crippen molar-refractivity contribution in [3.63, 3.8) is 0 Å². The maximum Gasteiger partial charge on any atom is 0.407 e. The van der Waals surface area contributed by atoms with E-state index in [9.17, 15) is 14.4 Å². The average molecular weight is 391 g/mol. The van der Waals surface area contributed by atoms with Crippen LogP contribution in [0.2, 0.25) is 0 Å². The predicted octanol–water partition coefficient (Wildman–Crippen LogP) is 2.32. The molecule has 0 bridgehead atoms. The molecule has 0 radical (unpaired) electrons. The molecule has 2 N–H and O–H groups in total. The first-order valence-corrected chi connectivity index (χ1v) is 9.44. The fourth-order valence-corrected chi connectivity index (χ4v) is 2.83. The highest BCUT2D eigenvalue weighted by molar-refractivity contribution is 5.99. The number of rotatable bonds is 6. The third-order valence-electron chi connectivity index (χ3n) is 4.00. The van der Waals surface area contributed by atoms with Crippen molar-refractivity contribution in [2.24, 2.45) is 0 Å². The highest BCUT2D eigenvalue weighted by Gasteiger charge is 2.24. The number of alkyl carbamates (subject to hydrolysis) is 1. The molecule has 1 unspecified atom stereocenters. The second-order valence-corrected chi connectivity index (χ2v) is 7.85. The number of carbonyl (C=O) groups excluding carboxylic acids is 3. The number of hydrogen-bond acceptors (Lipinski definition) is 5. The Hall–Kier alpha value is -2.61. The van der Waals surface area contributed by atoms with Crippen molar-refractivity contribution in [3.05, 3.63) is 29.8 Å². The van der Waals surface area contributed by atoms with Crippen molar-refractivity contribution in [1.82, 2.24) is 10.8 Å². The van der Waals surface area contributed by atoms with Gasteiger partial charge in [0.2, 0.25) is 5.91 Å². The largest absolute Gasteiger partial charge is 0.444 e. The molecule has 0 spiro atoms. The molecule has 1 aromatic rings. The van der Waals surface area contributed by atoms with E-state index in [1.165, 1.54) is 4.90 Å². The molecule has 1 aromatic carbocycles. The number of nitrogens with one attached hydrogen (secondary N) is 2. The molecule has 8 nitrogen and oxygen atoms in total. The summed E-state index contributed by atoms with van der Waals surface area (Å²) in [4.78, 5) is 43.0. The highest BCUT2D eigenvalue weighted by Crippen LogP contribution is 2.26. The number of amides is 3. The summed E-state index contributed by atoms with van der Waals surface area (Å²) in [6.07, 6.45) is 1.42. The Morgan fingerprint density at radius 2 is 1.93 bits per heavy atom. The van der Waals surface area contributed by atoms with E-state index < -0.39 is 17.6 Å². The second-order valence-electron chi connectivity index (χ2n) is 7.85. The van der Waals surface area contributed by atoms with Gasteiger partial charge in [0.1, 0.15) is 12.1 Å². The minimum atomic E-state index is -0.588. The van der Waals surface area contributed by atoms with E-state index in [4.69, 9.17) is 9.57 Å². The number of nitrogens with zero attached hydrogens (tertiary/aromatic N) is 1. The van der Waals surface area contributed by atoms with Gasteiger partial charge in [0, 0.05) is 12.1 Å². The Kier molecular flexibility index (Phi) is 7.39. The van der Waals surface area contributed by atoms with Crippen LogP contribution in [0.3, 0.4) is 0 Å². The molecule has 0 aromatic heterocycles. The van der Waals surface area contributed by atoms with Crippen LogP contribution in [-0.2, 0) is 25.6 Å². The minimum absolute atomic E-state index is 0.0650. The zero-order chi connectivity index (χ0) is 20.7. The summed E-state index contributed by atoms with van der Waals surface area (Å²) in [5.41, 5.74) is 3.56. The molecule has 0 aliphatic carbocycles. The van der Waals surface area contributed by atoms with E-state index in [-0.39, 0.29) is 25.1 Å². The van der Waals surface area contributed by atoms with E-state index in [2.05, 4.69) is 10.8 Å². The molecule has 0 saturated carbocycles. The maximum atomic E-state index is 12.4. The lowest BCUT2D eigenvalue weighted by Gasteiger charge is -2.23. The van der Waals surface area contributed by atoms with Crippen LogP contribution in [0, 0.1) is 0 Å². The molecule has 1 atom stereocenters. The van der Waals surface area contributed by atoms with Crippen LogP contribution in [0.4, 0.5) is 10.5 Å². The van der Waals surface area contributed by atoms with Gasteiger partial charge in [0.25, 0.3) is 5.91 Å². The number of fused-ring (bicyclic) bond motifs is 1. The van der Waals surface area contributed by atoms with Crippen molar-refractivity contribution < 1.29 is 24.0 Å². The van der Waals surface area contributed by atoms with E-state index in [0.29, 0.717) is 6.42 Å².